The van der Waals surface area contributed by atoms with Crippen LogP contribution in [0.15, 0.2) is 60.7 Å². The van der Waals surface area contributed by atoms with Crippen molar-refractivity contribution in [2.45, 2.75) is 33.2 Å². The van der Waals surface area contributed by atoms with Crippen LogP contribution in [-0.4, -0.2) is 25.1 Å². The first-order valence-electron chi connectivity index (χ1n) is 11.3. The summed E-state index contributed by atoms with van der Waals surface area (Å²) in [4.78, 5) is 26.0. The number of rotatable bonds is 8. The number of fused-ring (bicyclic) bond motifs is 1. The highest BCUT2D eigenvalue weighted by Crippen LogP contribution is 2.36. The van der Waals surface area contributed by atoms with Crippen LogP contribution in [-0.2, 0) is 28.9 Å². The van der Waals surface area contributed by atoms with Crippen molar-refractivity contribution in [1.29, 1.82) is 0 Å². The number of nitrogens with zero attached hydrogens (tertiary/aromatic N) is 1. The lowest BCUT2D eigenvalue weighted by Crippen LogP contribution is -2.23. The lowest BCUT2D eigenvalue weighted by atomic mass is 10.1. The predicted molar refractivity (Wildman–Crippen MR) is 126 cm³/mol. The van der Waals surface area contributed by atoms with E-state index in [1.54, 1.807) is 37.3 Å². The van der Waals surface area contributed by atoms with Crippen LogP contribution in [0.3, 0.4) is 0 Å². The minimum atomic E-state index is -4.45. The van der Waals surface area contributed by atoms with Gasteiger partial charge in [0.1, 0.15) is 18.1 Å². The molecule has 1 aliphatic heterocycles. The molecule has 6 nitrogen and oxygen atoms in total. The Morgan fingerprint density at radius 1 is 1.03 bits per heavy atom. The van der Waals surface area contributed by atoms with Gasteiger partial charge in [-0.3, -0.25) is 4.79 Å². The first-order valence-corrected chi connectivity index (χ1v) is 11.3. The molecule has 0 N–H and O–H groups in total. The van der Waals surface area contributed by atoms with Gasteiger partial charge in [0.25, 0.3) is 5.91 Å². The largest absolute Gasteiger partial charge is 0.489 e. The molecule has 9 heteroatoms. The molecule has 0 spiro atoms. The molecule has 0 unspecified atom stereocenters. The molecule has 0 saturated heterocycles. The molecular weight excluding hydrogens is 475 g/mol. The highest BCUT2D eigenvalue weighted by Gasteiger charge is 2.33. The van der Waals surface area contributed by atoms with Crippen molar-refractivity contribution in [2.75, 3.05) is 18.1 Å². The van der Waals surface area contributed by atoms with Gasteiger partial charge in [-0.25, -0.2) is 4.79 Å². The van der Waals surface area contributed by atoms with E-state index in [0.29, 0.717) is 28.3 Å². The highest BCUT2D eigenvalue weighted by atomic mass is 19.4. The monoisotopic (exact) mass is 499 g/mol. The normalized spacial score (nSPS) is 12.9. The number of esters is 1. The maximum Gasteiger partial charge on any atom is 0.416 e. The fourth-order valence-corrected chi connectivity index (χ4v) is 3.98. The molecule has 0 saturated carbocycles. The van der Waals surface area contributed by atoms with Crippen LogP contribution in [0.2, 0.25) is 0 Å². The zero-order valence-electron chi connectivity index (χ0n) is 19.7. The van der Waals surface area contributed by atoms with Gasteiger partial charge in [0, 0.05) is 16.8 Å². The van der Waals surface area contributed by atoms with Crippen molar-refractivity contribution in [2.24, 2.45) is 0 Å². The first kappa shape index (κ1) is 25.1. The van der Waals surface area contributed by atoms with E-state index in [4.69, 9.17) is 14.2 Å². The third kappa shape index (κ3) is 5.62. The summed E-state index contributed by atoms with van der Waals surface area (Å²) in [7, 11) is 0. The molecule has 4 rings (SSSR count). The molecule has 1 heterocycles. The van der Waals surface area contributed by atoms with Crippen molar-refractivity contribution in [1.82, 2.24) is 0 Å². The number of halogens is 3. The second-order valence-electron chi connectivity index (χ2n) is 8.25. The van der Waals surface area contributed by atoms with Gasteiger partial charge in [0.15, 0.2) is 6.61 Å². The quantitative estimate of drug-likeness (QED) is 0.373. The molecule has 0 bridgehead atoms. The van der Waals surface area contributed by atoms with E-state index in [1.807, 2.05) is 13.0 Å². The molecule has 0 atom stereocenters. The predicted octanol–water partition coefficient (Wildman–Crippen LogP) is 5.70. The number of benzene rings is 3. The number of aryl methyl sites for hydroxylation is 1. The van der Waals surface area contributed by atoms with E-state index < -0.39 is 17.7 Å². The Kier molecular flexibility index (Phi) is 7.19. The number of ether oxygens (including phenoxy) is 3. The van der Waals surface area contributed by atoms with Crippen LogP contribution in [0.4, 0.5) is 18.9 Å². The average Bonchev–Trinajstić information content (AvgIpc) is 3.18. The Morgan fingerprint density at radius 2 is 1.78 bits per heavy atom. The van der Waals surface area contributed by atoms with E-state index in [0.717, 1.165) is 23.3 Å². The highest BCUT2D eigenvalue weighted by molar-refractivity contribution is 6.10. The lowest BCUT2D eigenvalue weighted by Gasteiger charge is -2.17. The summed E-state index contributed by atoms with van der Waals surface area (Å²) >= 11 is 0. The second-order valence-corrected chi connectivity index (χ2v) is 8.25. The first-order chi connectivity index (χ1) is 17.2. The third-order valence-electron chi connectivity index (χ3n) is 5.60. The number of hydrogen-bond donors (Lipinski definition) is 0. The summed E-state index contributed by atoms with van der Waals surface area (Å²) in [5, 5.41) is 0. The van der Waals surface area contributed by atoms with Crippen molar-refractivity contribution >= 4 is 17.6 Å². The number of amides is 1. The van der Waals surface area contributed by atoms with Crippen LogP contribution in [0.5, 0.6) is 11.5 Å². The molecule has 3 aromatic rings. The molecule has 1 aliphatic rings. The van der Waals surface area contributed by atoms with Gasteiger partial charge in [-0.2, -0.15) is 13.2 Å². The Balaban J connectivity index is 1.47. The summed E-state index contributed by atoms with van der Waals surface area (Å²) in [6.45, 7) is 4.04. The molecule has 0 fully saturated rings. The lowest BCUT2D eigenvalue weighted by molar-refractivity contribution is -0.145. The van der Waals surface area contributed by atoms with Gasteiger partial charge in [-0.15, -0.1) is 0 Å². The summed E-state index contributed by atoms with van der Waals surface area (Å²) in [5.74, 6) is 0.244. The average molecular weight is 499 g/mol. The number of carbonyl (C=O) groups is 2. The van der Waals surface area contributed by atoms with Crippen LogP contribution in [0.1, 0.15) is 39.5 Å². The van der Waals surface area contributed by atoms with Crippen molar-refractivity contribution in [3.8, 4) is 11.5 Å². The minimum absolute atomic E-state index is 0.178. The van der Waals surface area contributed by atoms with E-state index in [2.05, 4.69) is 0 Å². The van der Waals surface area contributed by atoms with Gasteiger partial charge in [-0.1, -0.05) is 12.1 Å². The minimum Gasteiger partial charge on any atom is -0.489 e. The third-order valence-corrected chi connectivity index (χ3v) is 5.60. The number of alkyl halides is 3. The van der Waals surface area contributed by atoms with Crippen LogP contribution < -0.4 is 14.4 Å². The van der Waals surface area contributed by atoms with Crippen molar-refractivity contribution in [3.63, 3.8) is 0 Å². The zero-order chi connectivity index (χ0) is 25.9. The van der Waals surface area contributed by atoms with Gasteiger partial charge >= 0.3 is 12.1 Å². The molecule has 1 amide bonds. The van der Waals surface area contributed by atoms with Gasteiger partial charge < -0.3 is 19.1 Å². The van der Waals surface area contributed by atoms with Gasteiger partial charge in [0.2, 0.25) is 0 Å². The summed E-state index contributed by atoms with van der Waals surface area (Å²) in [6.07, 6.45) is -4.45. The Bertz CT molecular complexity index is 1270. The summed E-state index contributed by atoms with van der Waals surface area (Å²) < 4.78 is 55.1. The van der Waals surface area contributed by atoms with Gasteiger partial charge in [0.05, 0.1) is 18.7 Å². The maximum atomic E-state index is 13.0. The van der Waals surface area contributed by atoms with Crippen LogP contribution >= 0.6 is 0 Å². The standard InChI is InChI=1S/C27H24F3NO5/c1-3-34-25(32)16-35-21-12-17(2)11-18(13-21)15-36-24-6-4-5-22-23(24)14-31(26(22)33)20-9-7-19(8-10-20)27(28,29)30/h4-13H,3,14-16H2,1-2H3. The Hall–Kier alpha value is -4.01. The molecule has 36 heavy (non-hydrogen) atoms. The molecule has 0 aromatic heterocycles. The van der Waals surface area contributed by atoms with E-state index in [9.17, 15) is 22.8 Å². The summed E-state index contributed by atoms with van der Waals surface area (Å²) in [6, 6.07) is 15.1. The number of hydrogen-bond acceptors (Lipinski definition) is 5. The molecular formula is C27H24F3NO5. The second kappa shape index (κ2) is 10.3. The molecule has 3 aromatic carbocycles. The summed E-state index contributed by atoms with van der Waals surface area (Å²) in [5.41, 5.74) is 2.41. The fourth-order valence-electron chi connectivity index (χ4n) is 3.98. The van der Waals surface area contributed by atoms with E-state index >= 15 is 0 Å². The van der Waals surface area contributed by atoms with Gasteiger partial charge in [-0.05, 0) is 73.5 Å². The Morgan fingerprint density at radius 3 is 2.47 bits per heavy atom. The van der Waals surface area contributed by atoms with E-state index in [-0.39, 0.29) is 32.3 Å². The maximum absolute atomic E-state index is 13.0. The SMILES string of the molecule is CCOC(=O)COc1cc(C)cc(COc2cccc3c2CN(c2ccc(C(F)(F)F)cc2)C3=O)c1. The Labute approximate surface area is 206 Å². The smallest absolute Gasteiger partial charge is 0.416 e. The number of carbonyl (C=O) groups excluding carboxylic acids is 2. The van der Waals surface area contributed by atoms with Crippen molar-refractivity contribution < 1.29 is 37.0 Å². The molecule has 188 valence electrons. The van der Waals surface area contributed by atoms with E-state index in [1.165, 1.54) is 17.0 Å². The molecule has 0 aliphatic carbocycles. The van der Waals surface area contributed by atoms with Crippen LogP contribution in [0.25, 0.3) is 0 Å². The van der Waals surface area contributed by atoms with Crippen molar-refractivity contribution in [3.05, 3.63) is 88.5 Å². The number of anilines is 1. The fraction of sp³-hybridized carbons (Fsp3) is 0.259. The molecule has 0 radical (unpaired) electrons. The zero-order valence-corrected chi connectivity index (χ0v) is 19.7. The van der Waals surface area contributed by atoms with Crippen LogP contribution in [0, 0.1) is 6.92 Å². The topological polar surface area (TPSA) is 65.1 Å².